The van der Waals surface area contributed by atoms with Crippen molar-refractivity contribution in [2.24, 2.45) is 5.73 Å². The molecule has 2 N–H and O–H groups in total. The minimum absolute atomic E-state index is 0. The fraction of sp³-hybridized carbons (Fsp3) is 0.385. The number of nitrogens with zero attached hydrogens (tertiary/aromatic N) is 2. The standard InChI is InChI=1S/C13H13F2N3O2.ClH/c1-19-10-8(15)4-3-7(14)9(10)11-17-12(18-20-11)13(16)5-2-6-13;/h3-4H,2,5-6,16H2,1H3;1H. The normalized spacial score (nSPS) is 16.0. The third kappa shape index (κ3) is 2.47. The van der Waals surface area contributed by atoms with Crippen molar-refractivity contribution in [2.45, 2.75) is 24.8 Å². The highest BCUT2D eigenvalue weighted by atomic mass is 35.5. The van der Waals surface area contributed by atoms with Crippen LogP contribution >= 0.6 is 12.4 Å². The molecule has 0 bridgehead atoms. The van der Waals surface area contributed by atoms with E-state index in [-0.39, 0.29) is 29.6 Å². The first-order valence-corrected chi connectivity index (χ1v) is 6.20. The Morgan fingerprint density at radius 3 is 2.52 bits per heavy atom. The maximum atomic E-state index is 13.9. The number of hydrogen-bond acceptors (Lipinski definition) is 5. The number of hydrogen-bond donors (Lipinski definition) is 1. The van der Waals surface area contributed by atoms with Crippen LogP contribution in [0.15, 0.2) is 16.7 Å². The third-order valence-electron chi connectivity index (χ3n) is 3.59. The molecule has 3 rings (SSSR count). The molecule has 8 heteroatoms. The van der Waals surface area contributed by atoms with Gasteiger partial charge < -0.3 is 15.0 Å². The van der Waals surface area contributed by atoms with Crippen LogP contribution in [0.2, 0.25) is 0 Å². The summed E-state index contributed by atoms with van der Waals surface area (Å²) < 4.78 is 37.4. The van der Waals surface area contributed by atoms with Crippen molar-refractivity contribution in [1.29, 1.82) is 0 Å². The fourth-order valence-corrected chi connectivity index (χ4v) is 2.24. The molecule has 1 aromatic carbocycles. The van der Waals surface area contributed by atoms with Crippen molar-refractivity contribution < 1.29 is 18.0 Å². The van der Waals surface area contributed by atoms with Crippen LogP contribution in [0.5, 0.6) is 5.75 Å². The Morgan fingerprint density at radius 1 is 1.29 bits per heavy atom. The van der Waals surface area contributed by atoms with E-state index in [2.05, 4.69) is 10.1 Å². The van der Waals surface area contributed by atoms with Gasteiger partial charge in [0.05, 0.1) is 12.6 Å². The largest absolute Gasteiger partial charge is 0.493 e. The molecule has 0 unspecified atom stereocenters. The smallest absolute Gasteiger partial charge is 0.264 e. The maximum Gasteiger partial charge on any atom is 0.264 e. The third-order valence-corrected chi connectivity index (χ3v) is 3.59. The lowest BCUT2D eigenvalue weighted by Crippen LogP contribution is -2.44. The van der Waals surface area contributed by atoms with E-state index in [9.17, 15) is 8.78 Å². The predicted octanol–water partition coefficient (Wildman–Crippen LogP) is 2.78. The summed E-state index contributed by atoms with van der Waals surface area (Å²) in [6.45, 7) is 0. The molecule has 1 aromatic heterocycles. The van der Waals surface area contributed by atoms with Gasteiger partial charge in [-0.2, -0.15) is 4.98 Å². The van der Waals surface area contributed by atoms with Gasteiger partial charge in [-0.25, -0.2) is 8.78 Å². The Hall–Kier alpha value is -1.73. The van der Waals surface area contributed by atoms with Gasteiger partial charge in [0.15, 0.2) is 17.4 Å². The highest BCUT2D eigenvalue weighted by Crippen LogP contribution is 2.39. The second-order valence-corrected chi connectivity index (χ2v) is 4.87. The zero-order valence-electron chi connectivity index (χ0n) is 11.2. The van der Waals surface area contributed by atoms with E-state index in [0.29, 0.717) is 5.82 Å². The zero-order chi connectivity index (χ0) is 14.3. The molecule has 5 nitrogen and oxygen atoms in total. The van der Waals surface area contributed by atoms with Crippen molar-refractivity contribution in [2.75, 3.05) is 7.11 Å². The van der Waals surface area contributed by atoms with Crippen LogP contribution in [0, 0.1) is 11.6 Å². The molecule has 0 saturated heterocycles. The number of aromatic nitrogens is 2. The summed E-state index contributed by atoms with van der Waals surface area (Å²) >= 11 is 0. The first-order chi connectivity index (χ1) is 9.55. The van der Waals surface area contributed by atoms with Crippen LogP contribution in [-0.4, -0.2) is 17.3 Å². The first-order valence-electron chi connectivity index (χ1n) is 6.20. The van der Waals surface area contributed by atoms with Crippen molar-refractivity contribution in [3.63, 3.8) is 0 Å². The number of rotatable bonds is 3. The molecule has 114 valence electrons. The molecule has 0 aliphatic heterocycles. The Labute approximate surface area is 125 Å². The summed E-state index contributed by atoms with van der Waals surface area (Å²) in [6.07, 6.45) is 2.47. The number of nitrogens with two attached hydrogens (primary N) is 1. The number of ether oxygens (including phenoxy) is 1. The summed E-state index contributed by atoms with van der Waals surface area (Å²) in [4.78, 5) is 4.10. The molecule has 21 heavy (non-hydrogen) atoms. The zero-order valence-corrected chi connectivity index (χ0v) is 12.0. The van der Waals surface area contributed by atoms with E-state index in [1.807, 2.05) is 0 Å². The van der Waals surface area contributed by atoms with Gasteiger partial charge in [0.1, 0.15) is 11.4 Å². The van der Waals surface area contributed by atoms with Gasteiger partial charge in [-0.05, 0) is 31.4 Å². The van der Waals surface area contributed by atoms with E-state index in [0.717, 1.165) is 31.4 Å². The van der Waals surface area contributed by atoms with Gasteiger partial charge in [-0.3, -0.25) is 0 Å². The Kier molecular flexibility index (Phi) is 4.15. The second-order valence-electron chi connectivity index (χ2n) is 4.87. The molecule has 1 aliphatic carbocycles. The Morgan fingerprint density at radius 2 is 1.95 bits per heavy atom. The monoisotopic (exact) mass is 317 g/mol. The molecule has 0 radical (unpaired) electrons. The molecule has 0 atom stereocenters. The van der Waals surface area contributed by atoms with E-state index >= 15 is 0 Å². The molecular formula is C13H14ClF2N3O2. The van der Waals surface area contributed by atoms with Crippen LogP contribution in [0.3, 0.4) is 0 Å². The van der Waals surface area contributed by atoms with Crippen LogP contribution in [0.25, 0.3) is 11.5 Å². The Balaban J connectivity index is 0.00000161. The van der Waals surface area contributed by atoms with Gasteiger partial charge in [0.2, 0.25) is 0 Å². The highest BCUT2D eigenvalue weighted by Gasteiger charge is 2.39. The van der Waals surface area contributed by atoms with E-state index in [1.54, 1.807) is 0 Å². The highest BCUT2D eigenvalue weighted by molar-refractivity contribution is 5.85. The first kappa shape index (κ1) is 15.7. The summed E-state index contributed by atoms with van der Waals surface area (Å²) in [5.74, 6) is -1.48. The lowest BCUT2D eigenvalue weighted by Gasteiger charge is -2.34. The summed E-state index contributed by atoms with van der Waals surface area (Å²) in [6, 6.07) is 1.96. The van der Waals surface area contributed by atoms with Crippen molar-refractivity contribution in [1.82, 2.24) is 10.1 Å². The SMILES string of the molecule is COc1c(F)ccc(F)c1-c1nc(C2(N)CCC2)no1.Cl. The number of halogens is 3. The van der Waals surface area contributed by atoms with Crippen LogP contribution < -0.4 is 10.5 Å². The topological polar surface area (TPSA) is 74.2 Å². The van der Waals surface area contributed by atoms with Crippen molar-refractivity contribution in [3.8, 4) is 17.2 Å². The van der Waals surface area contributed by atoms with Gasteiger partial charge in [0.25, 0.3) is 5.89 Å². The van der Waals surface area contributed by atoms with Crippen LogP contribution in [0.1, 0.15) is 25.1 Å². The number of methoxy groups -OCH3 is 1. The van der Waals surface area contributed by atoms with Crippen LogP contribution in [-0.2, 0) is 5.54 Å². The lowest BCUT2D eigenvalue weighted by molar-refractivity contribution is 0.229. The Bertz CT molecular complexity index is 659. The van der Waals surface area contributed by atoms with Gasteiger partial charge >= 0.3 is 0 Å². The molecule has 1 fully saturated rings. The van der Waals surface area contributed by atoms with E-state index < -0.39 is 17.2 Å². The fourth-order valence-electron chi connectivity index (χ4n) is 2.24. The van der Waals surface area contributed by atoms with Gasteiger partial charge in [-0.15, -0.1) is 12.4 Å². The molecule has 2 aromatic rings. The summed E-state index contributed by atoms with van der Waals surface area (Å²) in [5, 5.41) is 3.78. The van der Waals surface area contributed by atoms with E-state index in [4.69, 9.17) is 15.0 Å². The molecule has 1 heterocycles. The molecule has 1 saturated carbocycles. The minimum Gasteiger partial charge on any atom is -0.493 e. The van der Waals surface area contributed by atoms with Gasteiger partial charge in [0, 0.05) is 0 Å². The van der Waals surface area contributed by atoms with Crippen molar-refractivity contribution >= 4 is 12.4 Å². The molecule has 0 amide bonds. The van der Waals surface area contributed by atoms with Crippen LogP contribution in [0.4, 0.5) is 8.78 Å². The summed E-state index contributed by atoms with van der Waals surface area (Å²) in [7, 11) is 1.25. The number of benzene rings is 1. The summed E-state index contributed by atoms with van der Waals surface area (Å²) in [5.41, 5.74) is 5.26. The second kappa shape index (κ2) is 5.57. The minimum atomic E-state index is -0.699. The predicted molar refractivity (Wildman–Crippen MR) is 73.2 cm³/mol. The lowest BCUT2D eigenvalue weighted by atomic mass is 9.77. The van der Waals surface area contributed by atoms with E-state index in [1.165, 1.54) is 7.11 Å². The molecule has 1 aliphatic rings. The average molecular weight is 318 g/mol. The van der Waals surface area contributed by atoms with Crippen molar-refractivity contribution in [3.05, 3.63) is 29.6 Å². The molecular weight excluding hydrogens is 304 g/mol. The van der Waals surface area contributed by atoms with Gasteiger partial charge in [-0.1, -0.05) is 5.16 Å². The maximum absolute atomic E-state index is 13.9. The quantitative estimate of drug-likeness (QED) is 0.942. The molecule has 0 spiro atoms. The average Bonchev–Trinajstić information content (AvgIpc) is 2.87.